The number of ether oxygens (including phenoxy) is 1. The van der Waals surface area contributed by atoms with Crippen LogP contribution in [0.25, 0.3) is 21.3 Å². The van der Waals surface area contributed by atoms with E-state index in [1.165, 1.54) is 29.3 Å². The number of thiophene rings is 1. The number of rotatable bonds is 5. The van der Waals surface area contributed by atoms with E-state index in [4.69, 9.17) is 16.3 Å². The van der Waals surface area contributed by atoms with Crippen LogP contribution in [0.3, 0.4) is 0 Å². The van der Waals surface area contributed by atoms with Crippen LogP contribution in [0.1, 0.15) is 10.4 Å². The summed E-state index contributed by atoms with van der Waals surface area (Å²) < 4.78 is 6.44. The summed E-state index contributed by atoms with van der Waals surface area (Å²) in [4.78, 5) is 30.7. The smallest absolute Gasteiger partial charge is 0.263 e. The first-order valence-electron chi connectivity index (χ1n) is 8.47. The number of halogens is 1. The van der Waals surface area contributed by atoms with Crippen LogP contribution in [0, 0.1) is 0 Å². The monoisotopic (exact) mass is 410 g/mol. The van der Waals surface area contributed by atoms with Crippen LogP contribution in [0.15, 0.2) is 65.0 Å². The van der Waals surface area contributed by atoms with Gasteiger partial charge in [0.25, 0.3) is 5.56 Å². The first-order valence-corrected chi connectivity index (χ1v) is 9.73. The van der Waals surface area contributed by atoms with Crippen molar-refractivity contribution < 1.29 is 9.53 Å². The zero-order chi connectivity index (χ0) is 19.7. The number of methoxy groups -OCH3 is 1. The van der Waals surface area contributed by atoms with Gasteiger partial charge in [0, 0.05) is 16.5 Å². The molecule has 2 aromatic heterocycles. The van der Waals surface area contributed by atoms with Crippen molar-refractivity contribution in [3.63, 3.8) is 0 Å². The number of carbonyl (C=O) groups is 1. The summed E-state index contributed by atoms with van der Waals surface area (Å²) in [5.41, 5.74) is 1.94. The predicted octanol–water partition coefficient (Wildman–Crippen LogP) is 4.67. The molecule has 2 heterocycles. The van der Waals surface area contributed by atoms with Gasteiger partial charge in [-0.15, -0.1) is 11.3 Å². The molecule has 0 fully saturated rings. The maximum atomic E-state index is 13.0. The van der Waals surface area contributed by atoms with Crippen molar-refractivity contribution in [3.05, 3.63) is 81.2 Å². The summed E-state index contributed by atoms with van der Waals surface area (Å²) in [6.07, 6.45) is 1.42. The van der Waals surface area contributed by atoms with Crippen LogP contribution in [-0.2, 0) is 6.54 Å². The van der Waals surface area contributed by atoms with Crippen molar-refractivity contribution in [2.75, 3.05) is 7.11 Å². The van der Waals surface area contributed by atoms with Gasteiger partial charge < -0.3 is 4.74 Å². The molecule has 0 atom stereocenters. The second kappa shape index (κ2) is 7.58. The third kappa shape index (κ3) is 3.32. The first-order chi connectivity index (χ1) is 13.6. The SMILES string of the molecule is COc1ccc(C(=O)Cn2cnc3scc(-c4ccccc4)c3c2=O)cc1Cl. The number of Topliss-reactive ketones (excluding diaryl/α,β-unsaturated/α-hetero) is 1. The van der Waals surface area contributed by atoms with E-state index in [2.05, 4.69) is 4.98 Å². The number of benzene rings is 2. The summed E-state index contributed by atoms with van der Waals surface area (Å²) in [5.74, 6) is 0.258. The number of hydrogen-bond acceptors (Lipinski definition) is 5. The highest BCUT2D eigenvalue weighted by atomic mass is 35.5. The molecule has 140 valence electrons. The van der Waals surface area contributed by atoms with Gasteiger partial charge >= 0.3 is 0 Å². The molecule has 0 bridgehead atoms. The van der Waals surface area contributed by atoms with Gasteiger partial charge in [0.1, 0.15) is 10.6 Å². The quantitative estimate of drug-likeness (QED) is 0.448. The van der Waals surface area contributed by atoms with Gasteiger partial charge in [-0.2, -0.15) is 0 Å². The Morgan fingerprint density at radius 2 is 2.00 bits per heavy atom. The lowest BCUT2D eigenvalue weighted by molar-refractivity contribution is 0.0970. The normalized spacial score (nSPS) is 10.9. The van der Waals surface area contributed by atoms with Crippen molar-refractivity contribution in [2.45, 2.75) is 6.54 Å². The maximum Gasteiger partial charge on any atom is 0.263 e. The molecule has 0 N–H and O–H groups in total. The van der Waals surface area contributed by atoms with Gasteiger partial charge in [0.2, 0.25) is 0 Å². The molecule has 4 aromatic rings. The van der Waals surface area contributed by atoms with E-state index >= 15 is 0 Å². The molecule has 0 saturated heterocycles. The van der Waals surface area contributed by atoms with Gasteiger partial charge in [-0.1, -0.05) is 41.9 Å². The third-order valence-electron chi connectivity index (χ3n) is 4.43. The van der Waals surface area contributed by atoms with Crippen LogP contribution in [0.4, 0.5) is 0 Å². The molecule has 0 saturated carbocycles. The molecule has 0 radical (unpaired) electrons. The van der Waals surface area contributed by atoms with Crippen molar-refractivity contribution in [2.24, 2.45) is 0 Å². The van der Waals surface area contributed by atoms with Crippen LogP contribution < -0.4 is 10.3 Å². The summed E-state index contributed by atoms with van der Waals surface area (Å²) in [6.45, 7) is -0.117. The molecule has 4 rings (SSSR count). The second-order valence-electron chi connectivity index (χ2n) is 6.15. The highest BCUT2D eigenvalue weighted by molar-refractivity contribution is 7.17. The molecule has 5 nitrogen and oxygen atoms in total. The van der Waals surface area contributed by atoms with Gasteiger partial charge in [-0.25, -0.2) is 4.98 Å². The largest absolute Gasteiger partial charge is 0.495 e. The minimum Gasteiger partial charge on any atom is -0.495 e. The molecule has 0 spiro atoms. The van der Waals surface area contributed by atoms with E-state index in [9.17, 15) is 9.59 Å². The number of hydrogen-bond donors (Lipinski definition) is 0. The molecule has 0 amide bonds. The van der Waals surface area contributed by atoms with Gasteiger partial charge in [-0.3, -0.25) is 14.2 Å². The van der Waals surface area contributed by atoms with E-state index in [-0.39, 0.29) is 17.9 Å². The standard InChI is InChI=1S/C21H15ClN2O3S/c1-27-18-8-7-14(9-16(18)22)17(25)10-24-12-23-20-19(21(24)26)15(11-28-20)13-5-3-2-4-6-13/h2-9,11-12H,10H2,1H3. The molecular formula is C21H15ClN2O3S. The Labute approximate surface area is 169 Å². The van der Waals surface area contributed by atoms with Crippen molar-refractivity contribution >= 4 is 38.9 Å². The highest BCUT2D eigenvalue weighted by Crippen LogP contribution is 2.30. The van der Waals surface area contributed by atoms with E-state index in [1.54, 1.807) is 18.2 Å². The Morgan fingerprint density at radius 3 is 2.71 bits per heavy atom. The van der Waals surface area contributed by atoms with E-state index in [0.717, 1.165) is 11.1 Å². The number of carbonyl (C=O) groups excluding carboxylic acids is 1. The summed E-state index contributed by atoms with van der Waals surface area (Å²) in [7, 11) is 1.51. The molecule has 0 aliphatic heterocycles. The minimum absolute atomic E-state index is 0.117. The van der Waals surface area contributed by atoms with Crippen LogP contribution in [0.5, 0.6) is 5.75 Å². The Bertz CT molecular complexity index is 1230. The average Bonchev–Trinajstić information content (AvgIpc) is 3.15. The Kier molecular flexibility index (Phi) is 4.98. The van der Waals surface area contributed by atoms with Gasteiger partial charge in [-0.05, 0) is 23.8 Å². The Balaban J connectivity index is 1.72. The molecule has 0 unspecified atom stereocenters. The highest BCUT2D eigenvalue weighted by Gasteiger charge is 2.16. The number of aromatic nitrogens is 2. The lowest BCUT2D eigenvalue weighted by atomic mass is 10.1. The number of fused-ring (bicyclic) bond motifs is 1. The Morgan fingerprint density at radius 1 is 1.21 bits per heavy atom. The molecule has 0 aliphatic carbocycles. The maximum absolute atomic E-state index is 13.0. The molecular weight excluding hydrogens is 396 g/mol. The average molecular weight is 411 g/mol. The van der Waals surface area contributed by atoms with Crippen molar-refractivity contribution in [1.29, 1.82) is 0 Å². The van der Waals surface area contributed by atoms with Crippen molar-refractivity contribution in [3.8, 4) is 16.9 Å². The van der Waals surface area contributed by atoms with Gasteiger partial charge in [0.05, 0.1) is 30.4 Å². The number of nitrogens with zero attached hydrogens (tertiary/aromatic N) is 2. The van der Waals surface area contributed by atoms with E-state index in [1.807, 2.05) is 35.7 Å². The topological polar surface area (TPSA) is 61.2 Å². The summed E-state index contributed by atoms with van der Waals surface area (Å²) in [6, 6.07) is 14.5. The fourth-order valence-corrected chi connectivity index (χ4v) is 4.16. The van der Waals surface area contributed by atoms with Crippen molar-refractivity contribution in [1.82, 2.24) is 9.55 Å². The fourth-order valence-electron chi connectivity index (χ4n) is 3.00. The lowest BCUT2D eigenvalue weighted by Gasteiger charge is -2.08. The molecule has 0 aliphatic rings. The fraction of sp³-hybridized carbons (Fsp3) is 0.0952. The first kappa shape index (κ1) is 18.4. The number of ketones is 1. The molecule has 28 heavy (non-hydrogen) atoms. The van der Waals surface area contributed by atoms with Crippen LogP contribution in [0.2, 0.25) is 5.02 Å². The summed E-state index contributed by atoms with van der Waals surface area (Å²) >= 11 is 7.52. The lowest BCUT2D eigenvalue weighted by Crippen LogP contribution is -2.24. The predicted molar refractivity (Wildman–Crippen MR) is 112 cm³/mol. The zero-order valence-corrected chi connectivity index (χ0v) is 16.5. The molecule has 7 heteroatoms. The van der Waals surface area contributed by atoms with Gasteiger partial charge in [0.15, 0.2) is 5.78 Å². The summed E-state index contributed by atoms with van der Waals surface area (Å²) in [5, 5.41) is 2.79. The Hall–Kier alpha value is -2.96. The molecule has 2 aromatic carbocycles. The van der Waals surface area contributed by atoms with Crippen LogP contribution in [-0.4, -0.2) is 22.4 Å². The second-order valence-corrected chi connectivity index (χ2v) is 7.41. The van der Waals surface area contributed by atoms with E-state index in [0.29, 0.717) is 26.6 Å². The van der Waals surface area contributed by atoms with Crippen LogP contribution >= 0.6 is 22.9 Å². The minimum atomic E-state index is -0.238. The third-order valence-corrected chi connectivity index (χ3v) is 5.61. The van der Waals surface area contributed by atoms with E-state index < -0.39 is 0 Å². The zero-order valence-electron chi connectivity index (χ0n) is 14.9.